The average Bonchev–Trinajstić information content (AvgIpc) is 3.13. The van der Waals surface area contributed by atoms with E-state index >= 15 is 0 Å². The van der Waals surface area contributed by atoms with Gasteiger partial charge in [0, 0.05) is 12.1 Å². The molecule has 0 saturated carbocycles. The van der Waals surface area contributed by atoms with Gasteiger partial charge in [-0.2, -0.15) is 5.10 Å². The van der Waals surface area contributed by atoms with Gasteiger partial charge in [-0.05, 0) is 38.1 Å². The molecule has 0 aliphatic carbocycles. The zero-order valence-corrected chi connectivity index (χ0v) is 12.6. The van der Waals surface area contributed by atoms with E-state index in [-0.39, 0.29) is 11.9 Å². The first-order chi connectivity index (χ1) is 11.1. The maximum Gasteiger partial charge on any atom is 0.322 e. The summed E-state index contributed by atoms with van der Waals surface area (Å²) in [6, 6.07) is 7.37. The Morgan fingerprint density at radius 3 is 2.91 bits per heavy atom. The van der Waals surface area contributed by atoms with Crippen molar-refractivity contribution in [2.24, 2.45) is 0 Å². The highest BCUT2D eigenvalue weighted by Crippen LogP contribution is 2.20. The van der Waals surface area contributed by atoms with Crippen LogP contribution in [0.25, 0.3) is 11.5 Å². The fourth-order valence-electron chi connectivity index (χ4n) is 2.14. The number of aryl methyl sites for hydroxylation is 2. The lowest BCUT2D eigenvalue weighted by molar-refractivity contribution is 0.101. The van der Waals surface area contributed by atoms with Crippen LogP contribution in [0.5, 0.6) is 0 Å². The Bertz CT molecular complexity index is 855. The first-order valence-corrected chi connectivity index (χ1v) is 7.02. The SMILES string of the molecule is CCn1nc(C)cc1C(=O)Nc1nnc(-c2cccc(F)c2)o1. The van der Waals surface area contributed by atoms with Crippen LogP contribution >= 0.6 is 0 Å². The maximum atomic E-state index is 13.2. The molecule has 3 aromatic rings. The molecule has 0 atom stereocenters. The molecule has 7 nitrogen and oxygen atoms in total. The number of anilines is 1. The predicted octanol–water partition coefficient (Wildman–Crippen LogP) is 2.65. The highest BCUT2D eigenvalue weighted by atomic mass is 19.1. The van der Waals surface area contributed by atoms with Crippen LogP contribution < -0.4 is 5.32 Å². The van der Waals surface area contributed by atoms with Gasteiger partial charge in [0.25, 0.3) is 5.91 Å². The number of nitrogens with one attached hydrogen (secondary N) is 1. The van der Waals surface area contributed by atoms with Gasteiger partial charge in [0.2, 0.25) is 5.89 Å². The van der Waals surface area contributed by atoms with Crippen molar-refractivity contribution >= 4 is 11.9 Å². The zero-order valence-electron chi connectivity index (χ0n) is 12.6. The van der Waals surface area contributed by atoms with E-state index in [9.17, 15) is 9.18 Å². The number of carbonyl (C=O) groups excluding carboxylic acids is 1. The van der Waals surface area contributed by atoms with Gasteiger partial charge >= 0.3 is 6.01 Å². The number of halogens is 1. The van der Waals surface area contributed by atoms with E-state index in [0.29, 0.717) is 17.8 Å². The molecule has 23 heavy (non-hydrogen) atoms. The van der Waals surface area contributed by atoms with E-state index in [0.717, 1.165) is 5.69 Å². The summed E-state index contributed by atoms with van der Waals surface area (Å²) in [5.41, 5.74) is 1.57. The topological polar surface area (TPSA) is 85.8 Å². The highest BCUT2D eigenvalue weighted by Gasteiger charge is 2.17. The second-order valence-electron chi connectivity index (χ2n) is 4.86. The number of aromatic nitrogens is 4. The number of benzene rings is 1. The Morgan fingerprint density at radius 2 is 2.17 bits per heavy atom. The standard InChI is InChI=1S/C15H14FN5O2/c1-3-21-12(7-9(2)20-21)13(22)17-15-19-18-14(23-15)10-5-4-6-11(16)8-10/h4-8H,3H2,1-2H3,(H,17,19,22). The van der Waals surface area contributed by atoms with Crippen LogP contribution in [-0.2, 0) is 6.54 Å². The van der Waals surface area contributed by atoms with Crippen LogP contribution in [0.1, 0.15) is 23.1 Å². The van der Waals surface area contributed by atoms with E-state index in [4.69, 9.17) is 4.42 Å². The second kappa shape index (κ2) is 5.99. The van der Waals surface area contributed by atoms with Crippen molar-refractivity contribution < 1.29 is 13.6 Å². The summed E-state index contributed by atoms with van der Waals surface area (Å²) in [5.74, 6) is -0.685. The van der Waals surface area contributed by atoms with Gasteiger partial charge in [0.05, 0.1) is 5.69 Å². The van der Waals surface area contributed by atoms with E-state index in [1.165, 1.54) is 18.2 Å². The van der Waals surface area contributed by atoms with E-state index in [1.807, 2.05) is 6.92 Å². The Balaban J connectivity index is 1.80. The number of rotatable bonds is 4. The van der Waals surface area contributed by atoms with Crippen LogP contribution in [0.3, 0.4) is 0 Å². The van der Waals surface area contributed by atoms with Crippen molar-refractivity contribution in [2.45, 2.75) is 20.4 Å². The van der Waals surface area contributed by atoms with Crippen LogP contribution in [0, 0.1) is 12.7 Å². The lowest BCUT2D eigenvalue weighted by Gasteiger charge is -2.02. The largest absolute Gasteiger partial charge is 0.403 e. The molecule has 2 heterocycles. The van der Waals surface area contributed by atoms with Gasteiger partial charge < -0.3 is 4.42 Å². The molecule has 1 aromatic carbocycles. The molecule has 0 spiro atoms. The van der Waals surface area contributed by atoms with Gasteiger partial charge in [-0.15, -0.1) is 5.10 Å². The zero-order chi connectivity index (χ0) is 16.4. The highest BCUT2D eigenvalue weighted by molar-refractivity contribution is 6.01. The Morgan fingerprint density at radius 1 is 1.35 bits per heavy atom. The second-order valence-corrected chi connectivity index (χ2v) is 4.86. The van der Waals surface area contributed by atoms with E-state index < -0.39 is 11.7 Å². The van der Waals surface area contributed by atoms with Crippen LogP contribution in [0.4, 0.5) is 10.4 Å². The quantitative estimate of drug-likeness (QED) is 0.800. The van der Waals surface area contributed by atoms with Crippen LogP contribution in [0.2, 0.25) is 0 Å². The molecule has 3 rings (SSSR count). The molecule has 2 aromatic heterocycles. The minimum absolute atomic E-state index is 0.0595. The van der Waals surface area contributed by atoms with Crippen LogP contribution in [-0.4, -0.2) is 25.9 Å². The molecule has 0 saturated heterocycles. The number of amides is 1. The van der Waals surface area contributed by atoms with Gasteiger partial charge in [-0.1, -0.05) is 11.2 Å². The summed E-state index contributed by atoms with van der Waals surface area (Å²) in [5, 5.41) is 14.3. The number of hydrogen-bond acceptors (Lipinski definition) is 5. The first-order valence-electron chi connectivity index (χ1n) is 7.02. The van der Waals surface area contributed by atoms with Crippen LogP contribution in [0.15, 0.2) is 34.7 Å². The summed E-state index contributed by atoms with van der Waals surface area (Å²) in [4.78, 5) is 12.2. The lowest BCUT2D eigenvalue weighted by atomic mass is 10.2. The Hall–Kier alpha value is -3.03. The molecule has 0 fully saturated rings. The molecular weight excluding hydrogens is 301 g/mol. The summed E-state index contributed by atoms with van der Waals surface area (Å²) < 4.78 is 20.1. The van der Waals surface area contributed by atoms with Crippen molar-refractivity contribution in [3.63, 3.8) is 0 Å². The molecule has 0 aliphatic rings. The van der Waals surface area contributed by atoms with Crippen molar-refractivity contribution in [2.75, 3.05) is 5.32 Å². The van der Waals surface area contributed by atoms with E-state index in [1.54, 1.807) is 23.7 Å². The molecular formula is C15H14FN5O2. The fourth-order valence-corrected chi connectivity index (χ4v) is 2.14. The van der Waals surface area contributed by atoms with Crippen molar-refractivity contribution in [3.8, 4) is 11.5 Å². The third kappa shape index (κ3) is 3.10. The minimum Gasteiger partial charge on any atom is -0.403 e. The molecule has 1 amide bonds. The summed E-state index contributed by atoms with van der Waals surface area (Å²) >= 11 is 0. The smallest absolute Gasteiger partial charge is 0.322 e. The maximum absolute atomic E-state index is 13.2. The summed E-state index contributed by atoms with van der Waals surface area (Å²) in [6.07, 6.45) is 0. The lowest BCUT2D eigenvalue weighted by Crippen LogP contribution is -2.17. The molecule has 0 bridgehead atoms. The molecule has 0 radical (unpaired) electrons. The third-order valence-corrected chi connectivity index (χ3v) is 3.15. The molecule has 0 aliphatic heterocycles. The van der Waals surface area contributed by atoms with Crippen molar-refractivity contribution in [3.05, 3.63) is 47.5 Å². The average molecular weight is 315 g/mol. The number of nitrogens with zero attached hydrogens (tertiary/aromatic N) is 4. The van der Waals surface area contributed by atoms with Crippen molar-refractivity contribution in [1.29, 1.82) is 0 Å². The fraction of sp³-hybridized carbons (Fsp3) is 0.200. The summed E-state index contributed by atoms with van der Waals surface area (Å²) in [6.45, 7) is 4.25. The van der Waals surface area contributed by atoms with E-state index in [2.05, 4.69) is 20.6 Å². The minimum atomic E-state index is -0.409. The number of carbonyl (C=O) groups is 1. The van der Waals surface area contributed by atoms with Gasteiger partial charge in [-0.3, -0.25) is 14.8 Å². The third-order valence-electron chi connectivity index (χ3n) is 3.15. The monoisotopic (exact) mass is 315 g/mol. The normalized spacial score (nSPS) is 10.7. The first kappa shape index (κ1) is 14.9. The van der Waals surface area contributed by atoms with Gasteiger partial charge in [0.1, 0.15) is 11.5 Å². The Kier molecular flexibility index (Phi) is 3.88. The van der Waals surface area contributed by atoms with Gasteiger partial charge in [-0.25, -0.2) is 4.39 Å². The molecule has 1 N–H and O–H groups in total. The Labute approximate surface area is 131 Å². The van der Waals surface area contributed by atoms with Crippen molar-refractivity contribution in [1.82, 2.24) is 20.0 Å². The predicted molar refractivity (Wildman–Crippen MR) is 80.3 cm³/mol. The van der Waals surface area contributed by atoms with Gasteiger partial charge in [0.15, 0.2) is 0 Å². The molecule has 8 heteroatoms. The number of hydrogen-bond donors (Lipinski definition) is 1. The molecule has 118 valence electrons. The summed E-state index contributed by atoms with van der Waals surface area (Å²) in [7, 11) is 0. The molecule has 0 unspecified atom stereocenters.